The molecule has 216 valence electrons. The van der Waals surface area contributed by atoms with Crippen LogP contribution < -0.4 is 15.5 Å². The Balaban J connectivity index is 1.34. The molecule has 1 aliphatic rings. The molecule has 4 amide bonds. The van der Waals surface area contributed by atoms with Crippen LogP contribution in [0.1, 0.15) is 22.3 Å². The molecule has 43 heavy (non-hydrogen) atoms. The molecule has 0 spiro atoms. The van der Waals surface area contributed by atoms with E-state index in [1.165, 1.54) is 40.9 Å². The first-order valence-corrected chi connectivity index (χ1v) is 15.4. The minimum Gasteiger partial charge on any atom is -0.321 e. The van der Waals surface area contributed by atoms with Crippen LogP contribution in [0.2, 0.25) is 0 Å². The fourth-order valence-electron chi connectivity index (χ4n) is 4.31. The molecule has 1 saturated heterocycles. The molecule has 4 aromatic carbocycles. The molecule has 7 nitrogen and oxygen atoms in total. The summed E-state index contributed by atoms with van der Waals surface area (Å²) in [7, 11) is 0. The number of hydrogen-bond acceptors (Lipinski definition) is 5. The fraction of sp³-hybridized carbons (Fsp3) is 0.0625. The number of carbonyl (C=O) groups excluding carboxylic acids is 4. The summed E-state index contributed by atoms with van der Waals surface area (Å²) in [6.45, 7) is 0. The van der Waals surface area contributed by atoms with Gasteiger partial charge < -0.3 is 10.6 Å². The van der Waals surface area contributed by atoms with Gasteiger partial charge in [0, 0.05) is 37.1 Å². The van der Waals surface area contributed by atoms with E-state index in [-0.39, 0.29) is 29.5 Å². The highest BCUT2D eigenvalue weighted by Gasteiger charge is 2.41. The normalized spacial score (nSPS) is 15.0. The third-order valence-corrected chi connectivity index (χ3v) is 8.67. The monoisotopic (exact) mass is 721 g/mol. The molecule has 11 heteroatoms. The fourth-order valence-corrected chi connectivity index (χ4v) is 6.65. The molecule has 2 N–H and O–H groups in total. The second-order valence-electron chi connectivity index (χ2n) is 9.36. The molecular formula is C32H22Br2FN3O4S. The van der Waals surface area contributed by atoms with Crippen molar-refractivity contribution in [2.45, 2.75) is 16.6 Å². The third kappa shape index (κ3) is 7.30. The summed E-state index contributed by atoms with van der Waals surface area (Å²) < 4.78 is 15.8. The van der Waals surface area contributed by atoms with E-state index in [1.807, 2.05) is 0 Å². The molecular weight excluding hydrogens is 701 g/mol. The number of thioether (sulfide) groups is 1. The summed E-state index contributed by atoms with van der Waals surface area (Å²) in [6.07, 6.45) is 1.28. The first kappa shape index (κ1) is 30.4. The van der Waals surface area contributed by atoms with Crippen LogP contribution in [0.25, 0.3) is 6.08 Å². The molecule has 1 atom stereocenters. The number of imide groups is 1. The van der Waals surface area contributed by atoms with Crippen LogP contribution in [0.5, 0.6) is 0 Å². The van der Waals surface area contributed by atoms with Crippen LogP contribution in [-0.4, -0.2) is 28.9 Å². The van der Waals surface area contributed by atoms with Crippen molar-refractivity contribution in [3.05, 3.63) is 129 Å². The van der Waals surface area contributed by atoms with Gasteiger partial charge in [-0.1, -0.05) is 58.4 Å². The number of anilines is 2. The Morgan fingerprint density at radius 3 is 2.40 bits per heavy atom. The molecule has 1 unspecified atom stereocenters. The van der Waals surface area contributed by atoms with Crippen LogP contribution in [-0.2, 0) is 14.4 Å². The van der Waals surface area contributed by atoms with Crippen molar-refractivity contribution in [1.82, 2.24) is 5.32 Å². The van der Waals surface area contributed by atoms with E-state index in [9.17, 15) is 23.6 Å². The highest BCUT2D eigenvalue weighted by atomic mass is 79.9. The zero-order chi connectivity index (χ0) is 30.5. The van der Waals surface area contributed by atoms with E-state index < -0.39 is 22.9 Å². The number of nitrogens with zero attached hydrogens (tertiary/aromatic N) is 1. The van der Waals surface area contributed by atoms with Gasteiger partial charge in [-0.3, -0.25) is 19.2 Å². The number of benzene rings is 4. The van der Waals surface area contributed by atoms with Crippen molar-refractivity contribution in [1.29, 1.82) is 0 Å². The Morgan fingerprint density at radius 1 is 0.907 bits per heavy atom. The minimum absolute atomic E-state index is 0.0175. The first-order chi connectivity index (χ1) is 20.7. The lowest BCUT2D eigenvalue weighted by Gasteiger charge is -2.17. The predicted molar refractivity (Wildman–Crippen MR) is 172 cm³/mol. The quantitative estimate of drug-likeness (QED) is 0.148. The van der Waals surface area contributed by atoms with Crippen molar-refractivity contribution in [2.24, 2.45) is 0 Å². The zero-order valence-electron chi connectivity index (χ0n) is 22.2. The summed E-state index contributed by atoms with van der Waals surface area (Å²) in [5, 5.41) is 4.67. The Labute approximate surface area is 267 Å². The van der Waals surface area contributed by atoms with Gasteiger partial charge in [-0.2, -0.15) is 0 Å². The van der Waals surface area contributed by atoms with Gasteiger partial charge in [0.1, 0.15) is 11.5 Å². The Bertz CT molecular complexity index is 1770. The molecule has 1 fully saturated rings. The highest BCUT2D eigenvalue weighted by molar-refractivity contribution is 9.11. The average molecular weight is 723 g/mol. The lowest BCUT2D eigenvalue weighted by molar-refractivity contribution is -0.121. The van der Waals surface area contributed by atoms with Gasteiger partial charge in [-0.15, -0.1) is 11.8 Å². The van der Waals surface area contributed by atoms with E-state index in [1.54, 1.807) is 78.9 Å². The van der Waals surface area contributed by atoms with Crippen molar-refractivity contribution in [2.75, 3.05) is 10.2 Å². The van der Waals surface area contributed by atoms with Crippen LogP contribution in [0.4, 0.5) is 15.8 Å². The van der Waals surface area contributed by atoms with Crippen LogP contribution in [0, 0.1) is 5.82 Å². The second-order valence-corrected chi connectivity index (χ2v) is 12.4. The maximum absolute atomic E-state index is 14.4. The molecule has 4 aromatic rings. The molecule has 5 rings (SSSR count). The van der Waals surface area contributed by atoms with Crippen molar-refractivity contribution in [3.63, 3.8) is 0 Å². The van der Waals surface area contributed by atoms with Gasteiger partial charge >= 0.3 is 0 Å². The van der Waals surface area contributed by atoms with Crippen LogP contribution >= 0.6 is 43.6 Å². The molecule has 0 aromatic heterocycles. The number of amides is 4. The smallest absolute Gasteiger partial charge is 0.272 e. The predicted octanol–water partition coefficient (Wildman–Crippen LogP) is 7.18. The third-order valence-electron chi connectivity index (χ3n) is 6.36. The number of carbonyl (C=O) groups is 4. The van der Waals surface area contributed by atoms with E-state index in [4.69, 9.17) is 0 Å². The first-order valence-electron chi connectivity index (χ1n) is 12.9. The van der Waals surface area contributed by atoms with Gasteiger partial charge in [-0.05, 0) is 76.6 Å². The van der Waals surface area contributed by atoms with Crippen LogP contribution in [0.3, 0.4) is 0 Å². The van der Waals surface area contributed by atoms with E-state index in [2.05, 4.69) is 42.5 Å². The van der Waals surface area contributed by atoms with Gasteiger partial charge in [-0.25, -0.2) is 9.29 Å². The molecule has 1 heterocycles. The summed E-state index contributed by atoms with van der Waals surface area (Å²) in [4.78, 5) is 54.1. The maximum atomic E-state index is 14.4. The summed E-state index contributed by atoms with van der Waals surface area (Å²) in [5.74, 6) is -2.42. The highest BCUT2D eigenvalue weighted by Crippen LogP contribution is 2.38. The van der Waals surface area contributed by atoms with Gasteiger partial charge in [0.15, 0.2) is 0 Å². The van der Waals surface area contributed by atoms with Gasteiger partial charge in [0.2, 0.25) is 11.8 Å². The topological polar surface area (TPSA) is 95.6 Å². The van der Waals surface area contributed by atoms with E-state index in [0.717, 1.165) is 4.47 Å². The summed E-state index contributed by atoms with van der Waals surface area (Å²) >= 11 is 8.00. The van der Waals surface area contributed by atoms with E-state index >= 15 is 0 Å². The lowest BCUT2D eigenvalue weighted by atomic mass is 10.1. The van der Waals surface area contributed by atoms with Crippen molar-refractivity contribution in [3.8, 4) is 0 Å². The second kappa shape index (κ2) is 13.5. The molecule has 0 bridgehead atoms. The number of rotatable bonds is 8. The minimum atomic E-state index is -0.673. The van der Waals surface area contributed by atoms with E-state index in [0.29, 0.717) is 26.3 Å². The Morgan fingerprint density at radius 2 is 1.65 bits per heavy atom. The summed E-state index contributed by atoms with van der Waals surface area (Å²) in [6, 6.07) is 26.2. The molecule has 0 saturated carbocycles. The number of nitrogens with one attached hydrogen (secondary N) is 2. The van der Waals surface area contributed by atoms with Gasteiger partial charge in [0.25, 0.3) is 11.8 Å². The molecule has 1 aliphatic heterocycles. The maximum Gasteiger partial charge on any atom is 0.272 e. The van der Waals surface area contributed by atoms with Gasteiger partial charge in [0.05, 0.1) is 10.9 Å². The Hall–Kier alpha value is -4.06. The summed E-state index contributed by atoms with van der Waals surface area (Å²) in [5.41, 5.74) is 1.14. The number of hydrogen-bond donors (Lipinski definition) is 2. The Kier molecular flexibility index (Phi) is 9.54. The van der Waals surface area contributed by atoms with Crippen LogP contribution in [0.15, 0.2) is 117 Å². The largest absolute Gasteiger partial charge is 0.321 e. The zero-order valence-corrected chi connectivity index (χ0v) is 26.2. The van der Waals surface area contributed by atoms with Crippen molar-refractivity contribution >= 4 is 84.7 Å². The average Bonchev–Trinajstić information content (AvgIpc) is 3.26. The molecule has 0 radical (unpaired) electrons. The lowest BCUT2D eigenvalue weighted by Crippen LogP contribution is -2.31. The standard InChI is InChI=1S/C32H22Br2FN3O4S/c33-21-13-14-27(24(34)16-21)38-29(39)18-28(32(38)42)43-23-11-6-10-22(17-23)36-31(41)26(15-20-9-4-5-12-25(20)35)37-30(40)19-7-2-1-3-8-19/h1-17,28H,18H2,(H,36,41)(H,37,40). The number of halogens is 3. The van der Waals surface area contributed by atoms with Crippen molar-refractivity contribution < 1.29 is 23.6 Å². The molecule has 0 aliphatic carbocycles. The SMILES string of the molecule is O=C(Nc1cccc(SC2CC(=O)N(c3ccc(Br)cc3Br)C2=O)c1)C(=Cc1ccccc1F)NC(=O)c1ccccc1.